The number of primary amides is 1. The molecule has 2 rings (SSSR count). The lowest BCUT2D eigenvalue weighted by Crippen LogP contribution is -2.54. The second kappa shape index (κ2) is 5.19. The second-order valence-corrected chi connectivity index (χ2v) is 5.72. The highest BCUT2D eigenvalue weighted by Crippen LogP contribution is 2.32. The van der Waals surface area contributed by atoms with Crippen molar-refractivity contribution in [3.8, 4) is 0 Å². The van der Waals surface area contributed by atoms with Gasteiger partial charge >= 0.3 is 0 Å². The van der Waals surface area contributed by atoms with E-state index in [0.717, 1.165) is 24.3 Å². The van der Waals surface area contributed by atoms with Gasteiger partial charge in [-0.3, -0.25) is 4.79 Å². The molecule has 1 aliphatic rings. The van der Waals surface area contributed by atoms with Crippen LogP contribution in [0.4, 0.5) is 5.69 Å². The Bertz CT molecular complexity index is 419. The first-order chi connectivity index (χ1) is 8.14. The van der Waals surface area contributed by atoms with E-state index in [1.54, 1.807) is 17.8 Å². The zero-order chi connectivity index (χ0) is 12.3. The first-order valence-electron chi connectivity index (χ1n) is 5.54. The Hall–Kier alpha value is -0.870. The lowest BCUT2D eigenvalue weighted by molar-refractivity contribution is -0.121. The maximum absolute atomic E-state index is 11.7. The maximum Gasteiger partial charge on any atom is 0.243 e. The van der Waals surface area contributed by atoms with Crippen molar-refractivity contribution in [3.63, 3.8) is 0 Å². The largest absolute Gasteiger partial charge is 0.369 e. The molecule has 92 valence electrons. The third-order valence-corrected chi connectivity index (χ3v) is 4.56. The number of carbonyl (C=O) groups is 1. The van der Waals surface area contributed by atoms with Gasteiger partial charge in [-0.2, -0.15) is 11.8 Å². The monoisotopic (exact) mass is 270 g/mol. The summed E-state index contributed by atoms with van der Waals surface area (Å²) in [5.74, 6) is 1.48. The molecular weight excluding hydrogens is 256 g/mol. The Labute approximate surface area is 110 Å². The molecule has 1 aromatic rings. The number of anilines is 1. The van der Waals surface area contributed by atoms with E-state index in [9.17, 15) is 4.79 Å². The van der Waals surface area contributed by atoms with Gasteiger partial charge in [-0.25, -0.2) is 0 Å². The number of amides is 1. The number of nitrogens with two attached hydrogens (primary N) is 1. The number of para-hydroxylation sites is 1. The van der Waals surface area contributed by atoms with Gasteiger partial charge in [0, 0.05) is 5.75 Å². The Morgan fingerprint density at radius 3 is 2.82 bits per heavy atom. The molecule has 0 radical (unpaired) electrons. The van der Waals surface area contributed by atoms with Crippen molar-refractivity contribution in [1.82, 2.24) is 0 Å². The average molecular weight is 271 g/mol. The van der Waals surface area contributed by atoms with Crippen molar-refractivity contribution in [2.75, 3.05) is 16.8 Å². The summed E-state index contributed by atoms with van der Waals surface area (Å²) in [6.45, 7) is 0. The van der Waals surface area contributed by atoms with Gasteiger partial charge in [0.2, 0.25) is 5.91 Å². The number of thioether (sulfide) groups is 1. The Morgan fingerprint density at radius 1 is 1.47 bits per heavy atom. The van der Waals surface area contributed by atoms with E-state index in [0.29, 0.717) is 10.8 Å². The topological polar surface area (TPSA) is 55.1 Å². The van der Waals surface area contributed by atoms with Crippen LogP contribution in [-0.2, 0) is 4.79 Å². The summed E-state index contributed by atoms with van der Waals surface area (Å²) in [6, 6.07) is 7.42. The number of carbonyl (C=O) groups excluding carboxylic acids is 1. The molecule has 0 aliphatic carbocycles. The minimum atomic E-state index is -0.659. The lowest BCUT2D eigenvalue weighted by atomic mass is 9.94. The van der Waals surface area contributed by atoms with Crippen molar-refractivity contribution in [2.24, 2.45) is 5.73 Å². The molecular formula is C12H15ClN2OS. The van der Waals surface area contributed by atoms with Crippen LogP contribution in [0.5, 0.6) is 0 Å². The quantitative estimate of drug-likeness (QED) is 0.887. The highest BCUT2D eigenvalue weighted by Gasteiger charge is 2.38. The number of halogens is 1. The molecule has 1 atom stereocenters. The number of rotatable bonds is 3. The summed E-state index contributed by atoms with van der Waals surface area (Å²) < 4.78 is 0. The molecule has 0 bridgehead atoms. The summed E-state index contributed by atoms with van der Waals surface area (Å²) in [7, 11) is 0. The summed E-state index contributed by atoms with van der Waals surface area (Å²) in [5, 5.41) is 3.85. The molecule has 0 aromatic heterocycles. The van der Waals surface area contributed by atoms with E-state index in [2.05, 4.69) is 5.32 Å². The van der Waals surface area contributed by atoms with Crippen molar-refractivity contribution < 1.29 is 4.79 Å². The number of hydrogen-bond acceptors (Lipinski definition) is 3. The van der Waals surface area contributed by atoms with Crippen LogP contribution < -0.4 is 11.1 Å². The zero-order valence-corrected chi connectivity index (χ0v) is 11.0. The third-order valence-electron chi connectivity index (χ3n) is 2.96. The smallest absolute Gasteiger partial charge is 0.243 e. The van der Waals surface area contributed by atoms with Crippen molar-refractivity contribution in [2.45, 2.75) is 18.4 Å². The highest BCUT2D eigenvalue weighted by molar-refractivity contribution is 7.99. The van der Waals surface area contributed by atoms with Crippen LogP contribution >= 0.6 is 23.4 Å². The predicted octanol–water partition coefficient (Wildman–Crippen LogP) is 2.50. The van der Waals surface area contributed by atoms with E-state index >= 15 is 0 Å². The number of benzene rings is 1. The molecule has 0 saturated carbocycles. The Balaban J connectivity index is 2.24. The third kappa shape index (κ3) is 2.69. The van der Waals surface area contributed by atoms with Gasteiger partial charge in [0.05, 0.1) is 10.7 Å². The number of hydrogen-bond donors (Lipinski definition) is 2. The van der Waals surface area contributed by atoms with Crippen LogP contribution in [0.25, 0.3) is 0 Å². The van der Waals surface area contributed by atoms with E-state index < -0.39 is 5.54 Å². The summed E-state index contributed by atoms with van der Waals surface area (Å²) >= 11 is 7.84. The molecule has 1 saturated heterocycles. The van der Waals surface area contributed by atoms with E-state index in [1.807, 2.05) is 18.2 Å². The fourth-order valence-electron chi connectivity index (χ4n) is 1.97. The molecule has 1 fully saturated rings. The van der Waals surface area contributed by atoms with Crippen LogP contribution in [0.15, 0.2) is 24.3 Å². The SMILES string of the molecule is NC(=O)C1(Nc2ccccc2Cl)CCCSC1. The molecule has 3 N–H and O–H groups in total. The van der Waals surface area contributed by atoms with Gasteiger partial charge in [0.15, 0.2) is 0 Å². The standard InChI is InChI=1S/C12H15ClN2OS/c13-9-4-1-2-5-10(9)15-12(11(14)16)6-3-7-17-8-12/h1-2,4-5,15H,3,6-8H2,(H2,14,16). The molecule has 3 nitrogen and oxygen atoms in total. The van der Waals surface area contributed by atoms with Crippen LogP contribution in [-0.4, -0.2) is 23.0 Å². The Kier molecular flexibility index (Phi) is 3.84. The lowest BCUT2D eigenvalue weighted by Gasteiger charge is -2.35. The van der Waals surface area contributed by atoms with E-state index in [4.69, 9.17) is 17.3 Å². The Morgan fingerprint density at radius 2 is 2.24 bits per heavy atom. The molecule has 1 heterocycles. The van der Waals surface area contributed by atoms with Gasteiger partial charge in [-0.1, -0.05) is 23.7 Å². The number of nitrogens with one attached hydrogen (secondary N) is 1. The molecule has 0 spiro atoms. The van der Waals surface area contributed by atoms with Crippen molar-refractivity contribution >= 4 is 35.0 Å². The normalized spacial score (nSPS) is 24.3. The first-order valence-corrected chi connectivity index (χ1v) is 7.08. The average Bonchev–Trinajstić information content (AvgIpc) is 2.33. The van der Waals surface area contributed by atoms with E-state index in [1.165, 1.54) is 0 Å². The van der Waals surface area contributed by atoms with Gasteiger partial charge in [-0.05, 0) is 30.7 Å². The van der Waals surface area contributed by atoms with E-state index in [-0.39, 0.29) is 5.91 Å². The minimum Gasteiger partial charge on any atom is -0.369 e. The fraction of sp³-hybridized carbons (Fsp3) is 0.417. The summed E-state index contributed by atoms with van der Waals surface area (Å²) in [5.41, 5.74) is 5.66. The second-order valence-electron chi connectivity index (χ2n) is 4.21. The minimum absolute atomic E-state index is 0.301. The highest BCUT2D eigenvalue weighted by atomic mass is 35.5. The van der Waals surface area contributed by atoms with Crippen LogP contribution in [0, 0.1) is 0 Å². The fourth-order valence-corrected chi connectivity index (χ4v) is 3.35. The molecule has 1 unspecified atom stereocenters. The van der Waals surface area contributed by atoms with Gasteiger partial charge in [0.1, 0.15) is 5.54 Å². The molecule has 5 heteroatoms. The zero-order valence-electron chi connectivity index (χ0n) is 9.41. The van der Waals surface area contributed by atoms with Crippen LogP contribution in [0.3, 0.4) is 0 Å². The molecule has 1 aliphatic heterocycles. The summed E-state index contributed by atoms with van der Waals surface area (Å²) in [6.07, 6.45) is 1.76. The van der Waals surface area contributed by atoms with Crippen LogP contribution in [0.1, 0.15) is 12.8 Å². The summed E-state index contributed by atoms with van der Waals surface area (Å²) in [4.78, 5) is 11.7. The van der Waals surface area contributed by atoms with Gasteiger partial charge in [0.25, 0.3) is 0 Å². The predicted molar refractivity (Wildman–Crippen MR) is 73.6 cm³/mol. The van der Waals surface area contributed by atoms with Crippen LogP contribution in [0.2, 0.25) is 5.02 Å². The molecule has 17 heavy (non-hydrogen) atoms. The van der Waals surface area contributed by atoms with Gasteiger partial charge in [-0.15, -0.1) is 0 Å². The maximum atomic E-state index is 11.7. The van der Waals surface area contributed by atoms with Crippen molar-refractivity contribution in [1.29, 1.82) is 0 Å². The molecule has 1 aromatic carbocycles. The first kappa shape index (κ1) is 12.6. The van der Waals surface area contributed by atoms with Gasteiger partial charge < -0.3 is 11.1 Å². The van der Waals surface area contributed by atoms with Crippen molar-refractivity contribution in [3.05, 3.63) is 29.3 Å². The molecule has 1 amide bonds.